The van der Waals surface area contributed by atoms with Crippen LogP contribution >= 0.6 is 0 Å². The van der Waals surface area contributed by atoms with E-state index in [1.54, 1.807) is 0 Å². The maximum atomic E-state index is 12.0. The van der Waals surface area contributed by atoms with E-state index in [1.165, 1.54) is 0 Å². The van der Waals surface area contributed by atoms with E-state index in [1.807, 2.05) is 37.3 Å². The summed E-state index contributed by atoms with van der Waals surface area (Å²) in [5.41, 5.74) is 1.04. The summed E-state index contributed by atoms with van der Waals surface area (Å²) in [6.45, 7) is 3.04. The summed E-state index contributed by atoms with van der Waals surface area (Å²) < 4.78 is 17.4. The van der Waals surface area contributed by atoms with Crippen molar-refractivity contribution in [1.29, 1.82) is 0 Å². The maximum absolute atomic E-state index is 12.0. The lowest BCUT2D eigenvalue weighted by molar-refractivity contribution is -0.118. The van der Waals surface area contributed by atoms with Gasteiger partial charge in [-0.2, -0.15) is 0 Å². The average Bonchev–Trinajstić information content (AvgIpc) is 2.84. The molecule has 1 aromatic carbocycles. The minimum atomic E-state index is -1.15. The van der Waals surface area contributed by atoms with E-state index in [-0.39, 0.29) is 23.0 Å². The van der Waals surface area contributed by atoms with Gasteiger partial charge in [0.1, 0.15) is 5.75 Å². The molecule has 1 aromatic rings. The van der Waals surface area contributed by atoms with Crippen LogP contribution in [0.2, 0.25) is 0 Å². The Balaban J connectivity index is 1.76. The van der Waals surface area contributed by atoms with E-state index < -0.39 is 10.8 Å². The minimum absolute atomic E-state index is 0.0113. The topological polar surface area (TPSA) is 55.4 Å². The Morgan fingerprint density at radius 1 is 1.42 bits per heavy atom. The van der Waals surface area contributed by atoms with Crippen molar-refractivity contribution in [2.24, 2.45) is 0 Å². The Hall–Kier alpha value is -1.20. The molecule has 0 spiro atoms. The molecule has 0 radical (unpaired) electrons. The highest BCUT2D eigenvalue weighted by Crippen LogP contribution is 2.18. The second-order valence-corrected chi connectivity index (χ2v) is 6.35. The predicted molar refractivity (Wildman–Crippen MR) is 75.1 cm³/mol. The fraction of sp³-hybridized carbons (Fsp3) is 0.500. The molecule has 3 atom stereocenters. The van der Waals surface area contributed by atoms with Crippen molar-refractivity contribution in [3.05, 3.63) is 35.9 Å². The molecule has 1 aliphatic heterocycles. The number of hydrogen-bond acceptors (Lipinski definition) is 3. The van der Waals surface area contributed by atoms with Crippen molar-refractivity contribution < 1.29 is 13.7 Å². The quantitative estimate of drug-likeness (QED) is 0.883. The van der Waals surface area contributed by atoms with E-state index in [9.17, 15) is 9.00 Å². The fourth-order valence-corrected chi connectivity index (χ4v) is 3.58. The van der Waals surface area contributed by atoms with Gasteiger partial charge < -0.3 is 10.1 Å². The molecule has 3 unspecified atom stereocenters. The van der Waals surface area contributed by atoms with Crippen LogP contribution < -0.4 is 5.32 Å². The van der Waals surface area contributed by atoms with E-state index in [0.717, 1.165) is 12.0 Å². The van der Waals surface area contributed by atoms with Gasteiger partial charge in [-0.25, -0.2) is 0 Å². The van der Waals surface area contributed by atoms with E-state index in [2.05, 4.69) is 5.32 Å². The van der Waals surface area contributed by atoms with Gasteiger partial charge in [0, 0.05) is 24.0 Å². The highest BCUT2D eigenvalue weighted by atomic mass is 32.2. The summed E-state index contributed by atoms with van der Waals surface area (Å²) in [6.07, 6.45) is 0.766. The molecule has 0 saturated carbocycles. The first-order valence-corrected chi connectivity index (χ1v) is 7.84. The molecule has 5 heteroatoms. The first-order valence-electron chi connectivity index (χ1n) is 6.46. The summed E-state index contributed by atoms with van der Waals surface area (Å²) in [6, 6.07) is 9.69. The van der Waals surface area contributed by atoms with Crippen LogP contribution in [-0.2, 0) is 26.9 Å². The molecule has 2 rings (SSSR count). The predicted octanol–water partition coefficient (Wildman–Crippen LogP) is 1.23. The van der Waals surface area contributed by atoms with Crippen molar-refractivity contribution in [2.75, 3.05) is 12.4 Å². The maximum Gasteiger partial charge on any atom is 0.232 e. The molecule has 1 heterocycles. The molecule has 19 heavy (non-hydrogen) atoms. The monoisotopic (exact) mass is 281 g/mol. The Kier molecular flexibility index (Phi) is 5.10. The molecule has 0 aliphatic carbocycles. The summed E-state index contributed by atoms with van der Waals surface area (Å²) in [7, 11) is -1.15. The van der Waals surface area contributed by atoms with Crippen molar-refractivity contribution >= 4 is 16.7 Å². The molecule has 4 nitrogen and oxygen atoms in total. The van der Waals surface area contributed by atoms with Crippen molar-refractivity contribution in [2.45, 2.75) is 31.2 Å². The van der Waals surface area contributed by atoms with Gasteiger partial charge in [-0.3, -0.25) is 9.00 Å². The zero-order valence-corrected chi connectivity index (χ0v) is 11.8. The Morgan fingerprint density at radius 3 is 2.79 bits per heavy atom. The first-order chi connectivity index (χ1) is 9.16. The standard InChI is InChI=1S/C14H19NO3S/c1-11-13(7-8-18-11)19(17)10-14(16)15-9-12-5-3-2-4-6-12/h2-6,11,13H,7-10H2,1H3,(H,15,16). The Labute approximate surface area is 116 Å². The summed E-state index contributed by atoms with van der Waals surface area (Å²) in [4.78, 5) is 11.7. The van der Waals surface area contributed by atoms with Gasteiger partial charge >= 0.3 is 0 Å². The van der Waals surface area contributed by atoms with Crippen LogP contribution in [0.15, 0.2) is 30.3 Å². The van der Waals surface area contributed by atoms with Gasteiger partial charge in [0.15, 0.2) is 0 Å². The van der Waals surface area contributed by atoms with E-state index in [4.69, 9.17) is 4.74 Å². The van der Waals surface area contributed by atoms with Gasteiger partial charge in [0.05, 0.1) is 11.4 Å². The summed E-state index contributed by atoms with van der Waals surface area (Å²) in [5, 5.41) is 2.78. The van der Waals surface area contributed by atoms with Gasteiger partial charge in [0.25, 0.3) is 0 Å². The van der Waals surface area contributed by atoms with Gasteiger partial charge in [-0.15, -0.1) is 0 Å². The number of carbonyl (C=O) groups is 1. The second kappa shape index (κ2) is 6.82. The van der Waals surface area contributed by atoms with Crippen molar-refractivity contribution in [1.82, 2.24) is 5.32 Å². The molecule has 1 fully saturated rings. The van der Waals surface area contributed by atoms with Crippen LogP contribution in [0, 0.1) is 0 Å². The van der Waals surface area contributed by atoms with Gasteiger partial charge in [0.2, 0.25) is 5.91 Å². The van der Waals surface area contributed by atoms with Crippen LogP contribution in [0.4, 0.5) is 0 Å². The average molecular weight is 281 g/mol. The molecule has 1 N–H and O–H groups in total. The smallest absolute Gasteiger partial charge is 0.232 e. The zero-order chi connectivity index (χ0) is 13.7. The number of ether oxygens (including phenoxy) is 1. The molecule has 0 aromatic heterocycles. The first kappa shape index (κ1) is 14.2. The number of carbonyl (C=O) groups excluding carboxylic acids is 1. The molecule has 0 bridgehead atoms. The van der Waals surface area contributed by atoms with E-state index in [0.29, 0.717) is 13.2 Å². The molecular formula is C14H19NO3S. The highest BCUT2D eigenvalue weighted by molar-refractivity contribution is 7.86. The Morgan fingerprint density at radius 2 is 2.16 bits per heavy atom. The molecule has 1 amide bonds. The van der Waals surface area contributed by atoms with Crippen molar-refractivity contribution in [3.8, 4) is 0 Å². The molecule has 104 valence electrons. The van der Waals surface area contributed by atoms with Gasteiger partial charge in [-0.1, -0.05) is 30.3 Å². The van der Waals surface area contributed by atoms with Crippen LogP contribution in [0.1, 0.15) is 18.9 Å². The third-order valence-electron chi connectivity index (χ3n) is 3.25. The third kappa shape index (κ3) is 4.14. The normalized spacial score (nSPS) is 24.1. The summed E-state index contributed by atoms with van der Waals surface area (Å²) in [5.74, 6) is -0.105. The van der Waals surface area contributed by atoms with Crippen LogP contribution in [0.3, 0.4) is 0 Å². The number of nitrogens with one attached hydrogen (secondary N) is 1. The van der Waals surface area contributed by atoms with Gasteiger partial charge in [-0.05, 0) is 18.9 Å². The fourth-order valence-electron chi connectivity index (χ4n) is 2.14. The highest BCUT2D eigenvalue weighted by Gasteiger charge is 2.30. The van der Waals surface area contributed by atoms with Crippen LogP contribution in [-0.4, -0.2) is 33.8 Å². The van der Waals surface area contributed by atoms with Crippen molar-refractivity contribution in [3.63, 3.8) is 0 Å². The SMILES string of the molecule is CC1OCCC1S(=O)CC(=O)NCc1ccccc1. The Bertz CT molecular complexity index is 449. The lowest BCUT2D eigenvalue weighted by Crippen LogP contribution is -2.33. The molecule has 1 saturated heterocycles. The number of amides is 1. The van der Waals surface area contributed by atoms with Crippen LogP contribution in [0.5, 0.6) is 0 Å². The second-order valence-electron chi connectivity index (χ2n) is 4.69. The molecular weight excluding hydrogens is 262 g/mol. The third-order valence-corrected chi connectivity index (χ3v) is 5.09. The minimum Gasteiger partial charge on any atom is -0.377 e. The lowest BCUT2D eigenvalue weighted by atomic mass is 10.2. The van der Waals surface area contributed by atoms with Crippen LogP contribution in [0.25, 0.3) is 0 Å². The number of hydrogen-bond donors (Lipinski definition) is 1. The lowest BCUT2D eigenvalue weighted by Gasteiger charge is -2.13. The largest absolute Gasteiger partial charge is 0.377 e. The number of rotatable bonds is 5. The zero-order valence-electron chi connectivity index (χ0n) is 11.0. The van der Waals surface area contributed by atoms with E-state index >= 15 is 0 Å². The number of benzene rings is 1. The summed E-state index contributed by atoms with van der Waals surface area (Å²) >= 11 is 0. The molecule has 1 aliphatic rings.